The van der Waals surface area contributed by atoms with Crippen molar-refractivity contribution < 1.29 is 19.4 Å². The highest BCUT2D eigenvalue weighted by Gasteiger charge is 2.20. The quantitative estimate of drug-likeness (QED) is 0.798. The van der Waals surface area contributed by atoms with Gasteiger partial charge in [0.05, 0.1) is 11.6 Å². The number of hydrogen-bond acceptors (Lipinski definition) is 3. The predicted octanol–water partition coefficient (Wildman–Crippen LogP) is 2.83. The summed E-state index contributed by atoms with van der Waals surface area (Å²) >= 11 is 3.29. The van der Waals surface area contributed by atoms with Crippen molar-refractivity contribution in [2.24, 2.45) is 0 Å². The highest BCUT2D eigenvalue weighted by atomic mass is 79.9. The number of nitrogens with one attached hydrogen (secondary N) is 1. The third-order valence-corrected chi connectivity index (χ3v) is 3.48. The van der Waals surface area contributed by atoms with E-state index in [-0.39, 0.29) is 0 Å². The van der Waals surface area contributed by atoms with Crippen molar-refractivity contribution in [3.8, 4) is 5.75 Å². The normalized spacial score (nSPS) is 11.8. The molecule has 1 atom stereocenters. The Morgan fingerprint density at radius 2 is 2.15 bits per heavy atom. The van der Waals surface area contributed by atoms with Crippen LogP contribution < -0.4 is 10.1 Å². The number of methoxy groups -OCH3 is 1. The van der Waals surface area contributed by atoms with Gasteiger partial charge in [-0.1, -0.05) is 19.8 Å². The van der Waals surface area contributed by atoms with Crippen molar-refractivity contribution in [1.29, 1.82) is 0 Å². The first-order valence-electron chi connectivity index (χ1n) is 6.36. The maximum absolute atomic E-state index is 12.0. The van der Waals surface area contributed by atoms with E-state index in [1.807, 2.05) is 6.92 Å². The number of carbonyl (C=O) groups excluding carboxylic acids is 1. The molecule has 1 aromatic rings. The van der Waals surface area contributed by atoms with E-state index >= 15 is 0 Å². The minimum atomic E-state index is -1.01. The van der Waals surface area contributed by atoms with Crippen LogP contribution in [0.4, 0.5) is 0 Å². The molecule has 1 aromatic carbocycles. The van der Waals surface area contributed by atoms with Crippen molar-refractivity contribution in [1.82, 2.24) is 5.32 Å². The molecule has 0 aliphatic carbocycles. The molecule has 2 N–H and O–H groups in total. The second-order valence-corrected chi connectivity index (χ2v) is 5.21. The Kier molecular flexibility index (Phi) is 6.51. The van der Waals surface area contributed by atoms with Crippen LogP contribution >= 0.6 is 15.9 Å². The summed E-state index contributed by atoms with van der Waals surface area (Å²) in [7, 11) is 1.53. The van der Waals surface area contributed by atoms with Gasteiger partial charge in [-0.05, 0) is 40.5 Å². The van der Waals surface area contributed by atoms with Crippen molar-refractivity contribution in [3.05, 3.63) is 28.2 Å². The molecule has 0 radical (unpaired) electrons. The van der Waals surface area contributed by atoms with Crippen LogP contribution in [0.15, 0.2) is 22.7 Å². The number of ether oxygens (including phenoxy) is 1. The fourth-order valence-electron chi connectivity index (χ4n) is 1.71. The second kappa shape index (κ2) is 7.89. The lowest BCUT2D eigenvalue weighted by atomic mass is 10.1. The molecule has 0 aromatic heterocycles. The summed E-state index contributed by atoms with van der Waals surface area (Å²) in [6.45, 7) is 1.97. The van der Waals surface area contributed by atoms with Gasteiger partial charge in [-0.3, -0.25) is 4.79 Å². The summed E-state index contributed by atoms with van der Waals surface area (Å²) in [5.74, 6) is -0.807. The molecule has 0 aliphatic heterocycles. The minimum absolute atomic E-state index is 0.389. The fourth-order valence-corrected chi connectivity index (χ4v) is 2.26. The second-order valence-electron chi connectivity index (χ2n) is 4.36. The SMILES string of the molecule is CCCCC(NC(=O)c1ccc(OC)c(Br)c1)C(=O)O. The van der Waals surface area contributed by atoms with E-state index in [9.17, 15) is 9.59 Å². The van der Waals surface area contributed by atoms with Gasteiger partial charge >= 0.3 is 5.97 Å². The Hall–Kier alpha value is -1.56. The van der Waals surface area contributed by atoms with E-state index < -0.39 is 17.9 Å². The lowest BCUT2D eigenvalue weighted by molar-refractivity contribution is -0.139. The molecule has 0 saturated heterocycles. The topological polar surface area (TPSA) is 75.6 Å². The molecule has 20 heavy (non-hydrogen) atoms. The molecule has 0 fully saturated rings. The molecule has 1 unspecified atom stereocenters. The highest BCUT2D eigenvalue weighted by Crippen LogP contribution is 2.25. The van der Waals surface area contributed by atoms with E-state index in [1.54, 1.807) is 18.2 Å². The summed E-state index contributed by atoms with van der Waals surface area (Å²) in [4.78, 5) is 23.1. The van der Waals surface area contributed by atoms with Crippen molar-refractivity contribution in [2.75, 3.05) is 7.11 Å². The number of carboxylic acids is 1. The van der Waals surface area contributed by atoms with Crippen LogP contribution in [0, 0.1) is 0 Å². The summed E-state index contributed by atoms with van der Waals surface area (Å²) in [5, 5.41) is 11.6. The van der Waals surface area contributed by atoms with Crippen LogP contribution in [0.2, 0.25) is 0 Å². The van der Waals surface area contributed by atoms with Gasteiger partial charge in [-0.15, -0.1) is 0 Å². The molecule has 0 spiro atoms. The van der Waals surface area contributed by atoms with Gasteiger partial charge in [-0.2, -0.15) is 0 Å². The predicted molar refractivity (Wildman–Crippen MR) is 79.1 cm³/mol. The van der Waals surface area contributed by atoms with Crippen LogP contribution in [0.5, 0.6) is 5.75 Å². The maximum atomic E-state index is 12.0. The summed E-state index contributed by atoms with van der Waals surface area (Å²) in [6, 6.07) is 3.99. The van der Waals surface area contributed by atoms with E-state index in [2.05, 4.69) is 21.2 Å². The van der Waals surface area contributed by atoms with Crippen LogP contribution in [-0.2, 0) is 4.79 Å². The standard InChI is InChI=1S/C14H18BrNO4/c1-3-4-5-11(14(18)19)16-13(17)9-6-7-12(20-2)10(15)8-9/h6-8,11H,3-5H2,1-2H3,(H,16,17)(H,18,19). The molecule has 0 aliphatic rings. The number of unbranched alkanes of at least 4 members (excludes halogenated alkanes) is 1. The van der Waals surface area contributed by atoms with E-state index in [0.717, 1.165) is 12.8 Å². The van der Waals surface area contributed by atoms with Gasteiger partial charge in [0.15, 0.2) is 0 Å². The van der Waals surface area contributed by atoms with Crippen molar-refractivity contribution >= 4 is 27.8 Å². The van der Waals surface area contributed by atoms with Gasteiger partial charge in [0.2, 0.25) is 0 Å². The van der Waals surface area contributed by atoms with Gasteiger partial charge in [0, 0.05) is 5.56 Å². The minimum Gasteiger partial charge on any atom is -0.496 e. The number of hydrogen-bond donors (Lipinski definition) is 2. The van der Waals surface area contributed by atoms with Crippen LogP contribution in [0.25, 0.3) is 0 Å². The molecule has 0 saturated carbocycles. The smallest absolute Gasteiger partial charge is 0.326 e. The number of aliphatic carboxylic acids is 1. The van der Waals surface area contributed by atoms with Crippen LogP contribution in [0.1, 0.15) is 36.5 Å². The first kappa shape index (κ1) is 16.5. The Morgan fingerprint density at radius 3 is 2.65 bits per heavy atom. The lowest BCUT2D eigenvalue weighted by Gasteiger charge is -2.14. The highest BCUT2D eigenvalue weighted by molar-refractivity contribution is 9.10. The molecule has 5 nitrogen and oxygen atoms in total. The molecule has 1 rings (SSSR count). The average molecular weight is 344 g/mol. The summed E-state index contributed by atoms with van der Waals surface area (Å²) < 4.78 is 5.73. The van der Waals surface area contributed by atoms with Crippen molar-refractivity contribution in [3.63, 3.8) is 0 Å². The number of carbonyl (C=O) groups is 2. The monoisotopic (exact) mass is 343 g/mol. The Labute approximate surface area is 126 Å². The largest absolute Gasteiger partial charge is 0.496 e. The third kappa shape index (κ3) is 4.52. The zero-order valence-electron chi connectivity index (χ0n) is 11.5. The molecule has 0 bridgehead atoms. The Morgan fingerprint density at radius 1 is 1.45 bits per heavy atom. The first-order valence-corrected chi connectivity index (χ1v) is 7.16. The number of amides is 1. The Bertz CT molecular complexity index is 490. The lowest BCUT2D eigenvalue weighted by Crippen LogP contribution is -2.40. The third-order valence-electron chi connectivity index (χ3n) is 2.86. The maximum Gasteiger partial charge on any atom is 0.326 e. The molecular formula is C14H18BrNO4. The summed E-state index contributed by atoms with van der Waals surface area (Å²) in [6.07, 6.45) is 2.06. The zero-order valence-corrected chi connectivity index (χ0v) is 13.1. The van der Waals surface area contributed by atoms with Crippen molar-refractivity contribution in [2.45, 2.75) is 32.2 Å². The van der Waals surface area contributed by atoms with E-state index in [0.29, 0.717) is 22.2 Å². The number of halogens is 1. The van der Waals surface area contributed by atoms with E-state index in [4.69, 9.17) is 9.84 Å². The number of carboxylic acid groups (broad SMARTS) is 1. The summed E-state index contributed by atoms with van der Waals surface area (Å²) in [5.41, 5.74) is 0.389. The van der Waals surface area contributed by atoms with Gasteiger partial charge in [0.25, 0.3) is 5.91 Å². The molecule has 0 heterocycles. The van der Waals surface area contributed by atoms with Gasteiger partial charge in [-0.25, -0.2) is 4.79 Å². The van der Waals surface area contributed by atoms with Crippen LogP contribution in [-0.4, -0.2) is 30.1 Å². The first-order chi connectivity index (χ1) is 9.49. The number of benzene rings is 1. The zero-order chi connectivity index (χ0) is 15.1. The van der Waals surface area contributed by atoms with E-state index in [1.165, 1.54) is 7.11 Å². The average Bonchev–Trinajstić information content (AvgIpc) is 2.42. The number of rotatable bonds is 7. The molecule has 1 amide bonds. The molecule has 6 heteroatoms. The fraction of sp³-hybridized carbons (Fsp3) is 0.429. The van der Waals surface area contributed by atoms with Gasteiger partial charge in [0.1, 0.15) is 11.8 Å². The van der Waals surface area contributed by atoms with Crippen LogP contribution in [0.3, 0.4) is 0 Å². The van der Waals surface area contributed by atoms with Gasteiger partial charge < -0.3 is 15.2 Å². The molecular weight excluding hydrogens is 326 g/mol. The Balaban J connectivity index is 2.78. The molecule has 110 valence electrons.